The van der Waals surface area contributed by atoms with E-state index in [9.17, 15) is 0 Å². The van der Waals surface area contributed by atoms with Gasteiger partial charge in [-0.2, -0.15) is 0 Å². The van der Waals surface area contributed by atoms with E-state index in [4.69, 9.17) is 20.7 Å². The number of anilines is 1. The van der Waals surface area contributed by atoms with Crippen molar-refractivity contribution in [1.82, 2.24) is 15.0 Å². The van der Waals surface area contributed by atoms with E-state index in [2.05, 4.69) is 6.07 Å². The van der Waals surface area contributed by atoms with Crippen LogP contribution in [0, 0.1) is 0 Å². The molecular formula is C25H18N4. The minimum atomic E-state index is 0.612. The van der Waals surface area contributed by atoms with Crippen LogP contribution >= 0.6 is 0 Å². The van der Waals surface area contributed by atoms with Crippen LogP contribution in [-0.4, -0.2) is 15.0 Å². The summed E-state index contributed by atoms with van der Waals surface area (Å²) in [7, 11) is 0. The van der Waals surface area contributed by atoms with Gasteiger partial charge in [-0.3, -0.25) is 0 Å². The van der Waals surface area contributed by atoms with Crippen molar-refractivity contribution < 1.29 is 0 Å². The van der Waals surface area contributed by atoms with Gasteiger partial charge < -0.3 is 5.73 Å². The quantitative estimate of drug-likeness (QED) is 0.417. The van der Waals surface area contributed by atoms with E-state index in [0.717, 1.165) is 27.5 Å². The molecule has 5 aromatic rings. The summed E-state index contributed by atoms with van der Waals surface area (Å²) in [5.74, 6) is 1.89. The number of nitrogens with zero attached hydrogens (tertiary/aromatic N) is 3. The molecule has 0 unspecified atom stereocenters. The first kappa shape index (κ1) is 17.1. The van der Waals surface area contributed by atoms with Crippen molar-refractivity contribution in [2.45, 2.75) is 0 Å². The zero-order valence-electron chi connectivity index (χ0n) is 15.7. The largest absolute Gasteiger partial charge is 0.399 e. The molecule has 4 nitrogen and oxygen atoms in total. The molecule has 1 heterocycles. The van der Waals surface area contributed by atoms with Crippen LogP contribution in [0.25, 0.3) is 44.9 Å². The van der Waals surface area contributed by atoms with Crippen LogP contribution in [0.1, 0.15) is 0 Å². The summed E-state index contributed by atoms with van der Waals surface area (Å²) in [5, 5.41) is 2.12. The molecule has 0 amide bonds. The lowest BCUT2D eigenvalue weighted by atomic mass is 10.0. The number of hydrogen-bond donors (Lipinski definition) is 1. The summed E-state index contributed by atoms with van der Waals surface area (Å²) in [5.41, 5.74) is 9.66. The van der Waals surface area contributed by atoms with Gasteiger partial charge in [-0.15, -0.1) is 0 Å². The Labute approximate surface area is 168 Å². The Bertz CT molecular complexity index is 1240. The first-order valence-electron chi connectivity index (χ1n) is 9.43. The van der Waals surface area contributed by atoms with E-state index in [1.54, 1.807) is 0 Å². The van der Waals surface area contributed by atoms with E-state index < -0.39 is 0 Å². The maximum Gasteiger partial charge on any atom is 0.164 e. The smallest absolute Gasteiger partial charge is 0.164 e. The fourth-order valence-corrected chi connectivity index (χ4v) is 3.45. The van der Waals surface area contributed by atoms with Gasteiger partial charge in [0.05, 0.1) is 0 Å². The highest BCUT2D eigenvalue weighted by atomic mass is 15.0. The second-order valence-electron chi connectivity index (χ2n) is 6.83. The Balaban J connectivity index is 1.80. The summed E-state index contributed by atoms with van der Waals surface area (Å²) in [6.45, 7) is 0. The minimum absolute atomic E-state index is 0.612. The number of fused-ring (bicyclic) bond motifs is 1. The fraction of sp³-hybridized carbons (Fsp3) is 0. The first-order chi connectivity index (χ1) is 14.3. The van der Waals surface area contributed by atoms with Gasteiger partial charge >= 0.3 is 0 Å². The predicted molar refractivity (Wildman–Crippen MR) is 118 cm³/mol. The van der Waals surface area contributed by atoms with Gasteiger partial charge in [0.25, 0.3) is 0 Å². The molecule has 29 heavy (non-hydrogen) atoms. The monoisotopic (exact) mass is 374 g/mol. The third-order valence-electron chi connectivity index (χ3n) is 4.82. The molecule has 0 saturated carbocycles. The van der Waals surface area contributed by atoms with Crippen LogP contribution in [0.5, 0.6) is 0 Å². The average Bonchev–Trinajstić information content (AvgIpc) is 2.79. The molecule has 0 atom stereocenters. The molecule has 2 N–H and O–H groups in total. The van der Waals surface area contributed by atoms with Gasteiger partial charge in [-0.05, 0) is 22.9 Å². The van der Waals surface area contributed by atoms with Crippen molar-refractivity contribution in [3.05, 3.63) is 97.1 Å². The molecule has 0 fully saturated rings. The van der Waals surface area contributed by atoms with E-state index >= 15 is 0 Å². The third-order valence-corrected chi connectivity index (χ3v) is 4.82. The van der Waals surface area contributed by atoms with E-state index in [1.807, 2.05) is 91.0 Å². The van der Waals surface area contributed by atoms with Crippen molar-refractivity contribution >= 4 is 16.5 Å². The molecular weight excluding hydrogens is 356 g/mol. The van der Waals surface area contributed by atoms with Crippen LogP contribution in [-0.2, 0) is 0 Å². The van der Waals surface area contributed by atoms with Gasteiger partial charge in [0, 0.05) is 22.4 Å². The van der Waals surface area contributed by atoms with Crippen molar-refractivity contribution in [3.8, 4) is 34.2 Å². The van der Waals surface area contributed by atoms with Gasteiger partial charge in [0.2, 0.25) is 0 Å². The van der Waals surface area contributed by atoms with Gasteiger partial charge in [0.15, 0.2) is 17.5 Å². The number of nitrogen functional groups attached to an aromatic ring is 1. The number of nitrogens with two attached hydrogens (primary N) is 1. The summed E-state index contributed by atoms with van der Waals surface area (Å²) in [6.07, 6.45) is 0. The van der Waals surface area contributed by atoms with Crippen molar-refractivity contribution in [3.63, 3.8) is 0 Å². The van der Waals surface area contributed by atoms with E-state index in [0.29, 0.717) is 23.2 Å². The van der Waals surface area contributed by atoms with Gasteiger partial charge in [0.1, 0.15) is 0 Å². The molecule has 0 aliphatic rings. The molecule has 4 aromatic carbocycles. The molecule has 0 bridgehead atoms. The molecule has 0 saturated heterocycles. The maximum atomic E-state index is 6.19. The number of benzene rings is 4. The van der Waals surface area contributed by atoms with Crippen molar-refractivity contribution in [2.24, 2.45) is 0 Å². The molecule has 138 valence electrons. The zero-order valence-corrected chi connectivity index (χ0v) is 15.7. The molecule has 0 aliphatic heterocycles. The summed E-state index contributed by atoms with van der Waals surface area (Å²) in [6, 6.07) is 31.9. The molecule has 0 spiro atoms. The lowest BCUT2D eigenvalue weighted by molar-refractivity contribution is 1.08. The first-order valence-corrected chi connectivity index (χ1v) is 9.43. The van der Waals surface area contributed by atoms with Crippen molar-refractivity contribution in [1.29, 1.82) is 0 Å². The van der Waals surface area contributed by atoms with Gasteiger partial charge in [-0.25, -0.2) is 15.0 Å². The lowest BCUT2D eigenvalue weighted by Gasteiger charge is -2.11. The van der Waals surface area contributed by atoms with E-state index in [-0.39, 0.29) is 0 Å². The molecule has 0 aliphatic carbocycles. The van der Waals surface area contributed by atoms with Crippen LogP contribution in [0.2, 0.25) is 0 Å². The highest BCUT2D eigenvalue weighted by molar-refractivity contribution is 5.97. The van der Waals surface area contributed by atoms with Crippen LogP contribution in [0.3, 0.4) is 0 Å². The normalized spacial score (nSPS) is 10.9. The molecule has 0 radical (unpaired) electrons. The number of hydrogen-bond acceptors (Lipinski definition) is 4. The predicted octanol–water partition coefficient (Wildman–Crippen LogP) is 5.61. The Morgan fingerprint density at radius 1 is 0.517 bits per heavy atom. The highest BCUT2D eigenvalue weighted by Gasteiger charge is 2.14. The molecule has 4 heteroatoms. The second-order valence-corrected chi connectivity index (χ2v) is 6.83. The fourth-order valence-electron chi connectivity index (χ4n) is 3.45. The highest BCUT2D eigenvalue weighted by Crippen LogP contribution is 2.31. The van der Waals surface area contributed by atoms with Crippen LogP contribution < -0.4 is 5.73 Å². The molecule has 5 rings (SSSR count). The standard InChI is InChI=1S/C25H18N4/c26-20-15-19-13-7-8-14-21(19)22(16-20)25-28-23(17-9-3-1-4-10-17)27-24(29-25)18-11-5-2-6-12-18/h1-16H,26H2. The number of rotatable bonds is 3. The minimum Gasteiger partial charge on any atom is -0.399 e. The SMILES string of the molecule is Nc1cc(-c2nc(-c3ccccc3)nc(-c3ccccc3)n2)c2ccccc2c1. The molecule has 1 aromatic heterocycles. The summed E-state index contributed by atoms with van der Waals surface area (Å²) >= 11 is 0. The topological polar surface area (TPSA) is 64.7 Å². The lowest BCUT2D eigenvalue weighted by Crippen LogP contribution is -2.01. The van der Waals surface area contributed by atoms with Crippen LogP contribution in [0.15, 0.2) is 97.1 Å². The van der Waals surface area contributed by atoms with E-state index in [1.165, 1.54) is 0 Å². The Morgan fingerprint density at radius 2 is 1.03 bits per heavy atom. The second kappa shape index (κ2) is 7.17. The van der Waals surface area contributed by atoms with Crippen molar-refractivity contribution in [2.75, 3.05) is 5.73 Å². The van der Waals surface area contributed by atoms with Crippen LogP contribution in [0.4, 0.5) is 5.69 Å². The third kappa shape index (κ3) is 3.32. The summed E-state index contributed by atoms with van der Waals surface area (Å²) < 4.78 is 0. The Morgan fingerprint density at radius 3 is 1.66 bits per heavy atom. The Hall–Kier alpha value is -4.05. The maximum absolute atomic E-state index is 6.19. The Kier molecular flexibility index (Phi) is 4.22. The zero-order chi connectivity index (χ0) is 19.6. The van der Waals surface area contributed by atoms with Gasteiger partial charge in [-0.1, -0.05) is 84.9 Å². The average molecular weight is 374 g/mol. The number of aromatic nitrogens is 3. The summed E-state index contributed by atoms with van der Waals surface area (Å²) in [4.78, 5) is 14.4.